The Labute approximate surface area is 124 Å². The second-order valence-electron chi connectivity index (χ2n) is 4.56. The van der Waals surface area contributed by atoms with E-state index in [-0.39, 0.29) is 0 Å². The Bertz CT molecular complexity index is 525. The molecule has 0 fully saturated rings. The van der Waals surface area contributed by atoms with Gasteiger partial charge in [-0.2, -0.15) is 4.98 Å². The summed E-state index contributed by atoms with van der Waals surface area (Å²) < 4.78 is 15.6. The molecule has 0 saturated heterocycles. The summed E-state index contributed by atoms with van der Waals surface area (Å²) in [7, 11) is 1.70. The standard InChI is InChI=1S/C15H21N3O3/c1-3-15-17-14(18-21-15)11-20-13-6-4-12(5-7-13)10-16-8-9-19-2/h4-7,16H,3,8-11H2,1-2H3. The van der Waals surface area contributed by atoms with Crippen LogP contribution in [-0.4, -0.2) is 30.4 Å². The zero-order valence-electron chi connectivity index (χ0n) is 12.5. The third-order valence-electron chi connectivity index (χ3n) is 2.92. The minimum atomic E-state index is 0.314. The SMILES string of the molecule is CCc1nc(COc2ccc(CNCCOC)cc2)no1. The molecule has 0 amide bonds. The molecule has 1 aromatic heterocycles. The number of nitrogens with one attached hydrogen (secondary N) is 1. The normalized spacial score (nSPS) is 10.8. The maximum Gasteiger partial charge on any atom is 0.226 e. The number of methoxy groups -OCH3 is 1. The van der Waals surface area contributed by atoms with Crippen molar-refractivity contribution >= 4 is 0 Å². The second-order valence-corrected chi connectivity index (χ2v) is 4.56. The fourth-order valence-electron chi connectivity index (χ4n) is 1.75. The Kier molecular flexibility index (Phi) is 6.18. The van der Waals surface area contributed by atoms with E-state index in [1.54, 1.807) is 7.11 Å². The predicted octanol–water partition coefficient (Wildman–Crippen LogP) is 1.95. The Morgan fingerprint density at radius 1 is 1.24 bits per heavy atom. The molecule has 0 spiro atoms. The summed E-state index contributed by atoms with van der Waals surface area (Å²) in [6.07, 6.45) is 0.734. The van der Waals surface area contributed by atoms with Crippen molar-refractivity contribution in [3.05, 3.63) is 41.5 Å². The van der Waals surface area contributed by atoms with Crippen LogP contribution in [0.25, 0.3) is 0 Å². The van der Waals surface area contributed by atoms with Gasteiger partial charge in [0.1, 0.15) is 5.75 Å². The van der Waals surface area contributed by atoms with Gasteiger partial charge >= 0.3 is 0 Å². The van der Waals surface area contributed by atoms with E-state index in [0.717, 1.165) is 25.3 Å². The maximum absolute atomic E-state index is 5.62. The van der Waals surface area contributed by atoms with Gasteiger partial charge < -0.3 is 19.3 Å². The van der Waals surface area contributed by atoms with Crippen LogP contribution in [0.1, 0.15) is 24.2 Å². The number of aromatic nitrogens is 2. The lowest BCUT2D eigenvalue weighted by molar-refractivity contribution is 0.199. The highest BCUT2D eigenvalue weighted by Gasteiger charge is 2.05. The van der Waals surface area contributed by atoms with Crippen molar-refractivity contribution in [3.63, 3.8) is 0 Å². The smallest absolute Gasteiger partial charge is 0.226 e. The van der Waals surface area contributed by atoms with Gasteiger partial charge in [0.2, 0.25) is 11.7 Å². The van der Waals surface area contributed by atoms with E-state index in [1.165, 1.54) is 5.56 Å². The summed E-state index contributed by atoms with van der Waals surface area (Å²) in [6.45, 7) is 4.65. The van der Waals surface area contributed by atoms with Gasteiger partial charge in [0.05, 0.1) is 6.61 Å². The van der Waals surface area contributed by atoms with Crippen LogP contribution in [0, 0.1) is 0 Å². The van der Waals surface area contributed by atoms with Crippen molar-refractivity contribution in [1.82, 2.24) is 15.5 Å². The van der Waals surface area contributed by atoms with Gasteiger partial charge in [-0.1, -0.05) is 24.2 Å². The summed E-state index contributed by atoms with van der Waals surface area (Å²) in [5.74, 6) is 1.99. The molecule has 0 aliphatic rings. The molecule has 0 bridgehead atoms. The van der Waals surface area contributed by atoms with Crippen LogP contribution in [0.3, 0.4) is 0 Å². The maximum atomic E-state index is 5.62. The molecular formula is C15H21N3O3. The summed E-state index contributed by atoms with van der Waals surface area (Å²) in [5.41, 5.74) is 1.20. The number of ether oxygens (including phenoxy) is 2. The quantitative estimate of drug-likeness (QED) is 0.712. The van der Waals surface area contributed by atoms with Crippen molar-refractivity contribution in [1.29, 1.82) is 0 Å². The molecule has 114 valence electrons. The summed E-state index contributed by atoms with van der Waals surface area (Å²) in [6, 6.07) is 7.94. The van der Waals surface area contributed by atoms with Gasteiger partial charge in [-0.15, -0.1) is 0 Å². The van der Waals surface area contributed by atoms with E-state index in [1.807, 2.05) is 31.2 Å². The lowest BCUT2D eigenvalue weighted by Gasteiger charge is -2.06. The van der Waals surface area contributed by atoms with Crippen molar-refractivity contribution in [2.45, 2.75) is 26.5 Å². The molecule has 1 N–H and O–H groups in total. The average Bonchev–Trinajstić information content (AvgIpc) is 2.99. The molecular weight excluding hydrogens is 270 g/mol. The first kappa shape index (κ1) is 15.5. The van der Waals surface area contributed by atoms with Crippen molar-refractivity contribution < 1.29 is 14.0 Å². The Morgan fingerprint density at radius 3 is 2.71 bits per heavy atom. The molecule has 0 saturated carbocycles. The van der Waals surface area contributed by atoms with E-state index in [4.69, 9.17) is 14.0 Å². The van der Waals surface area contributed by atoms with Crippen molar-refractivity contribution in [2.24, 2.45) is 0 Å². The molecule has 0 unspecified atom stereocenters. The molecule has 2 aromatic rings. The molecule has 0 atom stereocenters. The van der Waals surface area contributed by atoms with E-state index in [9.17, 15) is 0 Å². The van der Waals surface area contributed by atoms with E-state index in [0.29, 0.717) is 24.9 Å². The lowest BCUT2D eigenvalue weighted by Crippen LogP contribution is -2.18. The van der Waals surface area contributed by atoms with Crippen LogP contribution in [0.2, 0.25) is 0 Å². The van der Waals surface area contributed by atoms with Gasteiger partial charge in [-0.05, 0) is 17.7 Å². The Balaban J connectivity index is 1.76. The van der Waals surface area contributed by atoms with Crippen molar-refractivity contribution in [3.8, 4) is 5.75 Å². The van der Waals surface area contributed by atoms with E-state index in [2.05, 4.69) is 15.5 Å². The molecule has 2 rings (SSSR count). The van der Waals surface area contributed by atoms with Gasteiger partial charge in [0.25, 0.3) is 0 Å². The highest BCUT2D eigenvalue weighted by molar-refractivity contribution is 5.27. The third kappa shape index (κ3) is 5.17. The van der Waals surface area contributed by atoms with E-state index < -0.39 is 0 Å². The number of aryl methyl sites for hydroxylation is 1. The topological polar surface area (TPSA) is 69.4 Å². The number of hydrogen-bond donors (Lipinski definition) is 1. The Morgan fingerprint density at radius 2 is 2.05 bits per heavy atom. The number of nitrogens with zero attached hydrogens (tertiary/aromatic N) is 2. The van der Waals surface area contributed by atoms with Crippen LogP contribution in [0.4, 0.5) is 0 Å². The fourth-order valence-corrected chi connectivity index (χ4v) is 1.75. The highest BCUT2D eigenvalue weighted by atomic mass is 16.5. The van der Waals surface area contributed by atoms with E-state index >= 15 is 0 Å². The van der Waals surface area contributed by atoms with Gasteiger partial charge in [-0.25, -0.2) is 0 Å². The molecule has 6 heteroatoms. The lowest BCUT2D eigenvalue weighted by atomic mass is 10.2. The molecule has 0 aliphatic heterocycles. The van der Waals surface area contributed by atoms with Gasteiger partial charge in [0, 0.05) is 26.6 Å². The largest absolute Gasteiger partial charge is 0.485 e. The predicted molar refractivity (Wildman–Crippen MR) is 78.0 cm³/mol. The zero-order chi connectivity index (χ0) is 14.9. The number of hydrogen-bond acceptors (Lipinski definition) is 6. The molecule has 6 nitrogen and oxygen atoms in total. The number of rotatable bonds is 9. The molecule has 1 aromatic carbocycles. The molecule has 21 heavy (non-hydrogen) atoms. The third-order valence-corrected chi connectivity index (χ3v) is 2.92. The fraction of sp³-hybridized carbons (Fsp3) is 0.467. The first-order valence-electron chi connectivity index (χ1n) is 7.04. The second kappa shape index (κ2) is 8.39. The first-order chi connectivity index (χ1) is 10.3. The van der Waals surface area contributed by atoms with Crippen LogP contribution in [0.15, 0.2) is 28.8 Å². The van der Waals surface area contributed by atoms with Crippen LogP contribution >= 0.6 is 0 Å². The summed E-state index contributed by atoms with van der Waals surface area (Å²) >= 11 is 0. The first-order valence-corrected chi connectivity index (χ1v) is 7.04. The molecule has 0 radical (unpaired) electrons. The minimum Gasteiger partial charge on any atom is -0.485 e. The average molecular weight is 291 g/mol. The summed E-state index contributed by atoms with van der Waals surface area (Å²) in [4.78, 5) is 4.19. The van der Waals surface area contributed by atoms with Crippen molar-refractivity contribution in [2.75, 3.05) is 20.3 Å². The van der Waals surface area contributed by atoms with Crippen LogP contribution < -0.4 is 10.1 Å². The Hall–Kier alpha value is -1.92. The van der Waals surface area contributed by atoms with Gasteiger partial charge in [-0.3, -0.25) is 0 Å². The van der Waals surface area contributed by atoms with Crippen LogP contribution in [0.5, 0.6) is 5.75 Å². The molecule has 0 aliphatic carbocycles. The number of benzene rings is 1. The zero-order valence-corrected chi connectivity index (χ0v) is 12.5. The van der Waals surface area contributed by atoms with Gasteiger partial charge in [0.15, 0.2) is 6.61 Å². The molecule has 1 heterocycles. The monoisotopic (exact) mass is 291 g/mol. The minimum absolute atomic E-state index is 0.314. The van der Waals surface area contributed by atoms with Crippen LogP contribution in [-0.2, 0) is 24.3 Å². The summed E-state index contributed by atoms with van der Waals surface area (Å²) in [5, 5.41) is 7.14. The highest BCUT2D eigenvalue weighted by Crippen LogP contribution is 2.13.